The van der Waals surface area contributed by atoms with Crippen LogP contribution in [0.3, 0.4) is 0 Å². The first-order chi connectivity index (χ1) is 30.8. The van der Waals surface area contributed by atoms with Gasteiger partial charge in [0.05, 0.1) is 11.0 Å². The van der Waals surface area contributed by atoms with Crippen molar-refractivity contribution >= 4 is 104 Å². The normalized spacial score (nSPS) is 14.9. The minimum Gasteiger partial charge on any atom is -0.455 e. The van der Waals surface area contributed by atoms with Crippen molar-refractivity contribution in [3.63, 3.8) is 0 Å². The molecule has 5 heteroatoms. The average molecular weight is 843 g/mol. The summed E-state index contributed by atoms with van der Waals surface area (Å²) in [5.41, 5.74) is 21.1. The van der Waals surface area contributed by atoms with Gasteiger partial charge in [0.2, 0.25) is 0 Å². The van der Waals surface area contributed by atoms with Gasteiger partial charge in [-0.25, -0.2) is 0 Å². The van der Waals surface area contributed by atoms with Gasteiger partial charge in [-0.2, -0.15) is 0 Å². The van der Waals surface area contributed by atoms with Gasteiger partial charge in [0.1, 0.15) is 11.2 Å². The van der Waals surface area contributed by atoms with Crippen LogP contribution in [-0.4, -0.2) is 11.4 Å². The SMILES string of the molecule is CC(C)(C)c1ccc(N2B3c4cc5c(cc4-n4c6ccc(C(C)(C)C)cc6c6c7c(oc8ccccc87)c(c3c64)-c3cc4c(cc32)sc2ccccc24)C(C)(C)c2ccccc2-5)cc1. The summed E-state index contributed by atoms with van der Waals surface area (Å²) in [4.78, 5) is 2.70. The van der Waals surface area contributed by atoms with Gasteiger partial charge in [-0.3, -0.25) is 0 Å². The molecule has 0 saturated heterocycles. The van der Waals surface area contributed by atoms with E-state index in [1.54, 1.807) is 0 Å². The van der Waals surface area contributed by atoms with Gasteiger partial charge in [0.25, 0.3) is 0 Å². The highest BCUT2D eigenvalue weighted by Gasteiger charge is 2.48. The Morgan fingerprint density at radius 2 is 1.28 bits per heavy atom. The number of fused-ring (bicyclic) bond motifs is 19. The van der Waals surface area contributed by atoms with Crippen molar-refractivity contribution in [1.29, 1.82) is 0 Å². The maximum absolute atomic E-state index is 7.33. The fraction of sp³-hybridized carbons (Fsp3) is 0.186. The Morgan fingerprint density at radius 1 is 0.562 bits per heavy atom. The van der Waals surface area contributed by atoms with Crippen molar-refractivity contribution in [2.45, 2.75) is 71.6 Å². The summed E-state index contributed by atoms with van der Waals surface area (Å²) >= 11 is 1.90. The van der Waals surface area contributed by atoms with Gasteiger partial charge in [0.15, 0.2) is 0 Å². The van der Waals surface area contributed by atoms with Gasteiger partial charge in [-0.05, 0) is 110 Å². The molecule has 8 aromatic carbocycles. The Hall–Kier alpha value is -6.56. The van der Waals surface area contributed by atoms with Gasteiger partial charge in [-0.1, -0.05) is 140 Å². The second-order valence-electron chi connectivity index (χ2n) is 21.3. The highest BCUT2D eigenvalue weighted by Crippen LogP contribution is 2.55. The molecule has 0 bridgehead atoms. The van der Waals surface area contributed by atoms with E-state index in [0.29, 0.717) is 0 Å². The summed E-state index contributed by atoms with van der Waals surface area (Å²) in [7, 11) is 0. The summed E-state index contributed by atoms with van der Waals surface area (Å²) in [6, 6.07) is 53.7. The molecule has 5 heterocycles. The maximum atomic E-state index is 7.33. The topological polar surface area (TPSA) is 21.3 Å². The zero-order chi connectivity index (χ0) is 43.3. The molecule has 0 fully saturated rings. The molecular formula is C59H47BN2OS. The van der Waals surface area contributed by atoms with Crippen LogP contribution in [0.25, 0.3) is 91.9 Å². The van der Waals surface area contributed by atoms with E-state index >= 15 is 0 Å². The number of anilines is 2. The Labute approximate surface area is 377 Å². The van der Waals surface area contributed by atoms with E-state index in [9.17, 15) is 0 Å². The summed E-state index contributed by atoms with van der Waals surface area (Å²) in [6.07, 6.45) is 0. The van der Waals surface area contributed by atoms with Crippen LogP contribution >= 0.6 is 11.3 Å². The van der Waals surface area contributed by atoms with Crippen molar-refractivity contribution in [2.75, 3.05) is 4.81 Å². The molecule has 11 aromatic rings. The smallest absolute Gasteiger partial charge is 0.333 e. The number of furan rings is 1. The number of nitrogens with zero attached hydrogens (tertiary/aromatic N) is 2. The molecule has 0 unspecified atom stereocenters. The van der Waals surface area contributed by atoms with Crippen LogP contribution < -0.4 is 15.7 Å². The van der Waals surface area contributed by atoms with Crippen molar-refractivity contribution < 1.29 is 4.42 Å². The van der Waals surface area contributed by atoms with Crippen LogP contribution in [0.4, 0.5) is 11.4 Å². The highest BCUT2D eigenvalue weighted by atomic mass is 32.1. The van der Waals surface area contributed by atoms with E-state index in [1.807, 2.05) is 11.3 Å². The molecule has 0 spiro atoms. The minimum absolute atomic E-state index is 0.0261. The molecule has 0 atom stereocenters. The minimum atomic E-state index is -0.160. The number of benzene rings is 8. The fourth-order valence-corrected chi connectivity index (χ4v) is 13.2. The van der Waals surface area contributed by atoms with Crippen molar-refractivity contribution in [2.24, 2.45) is 0 Å². The van der Waals surface area contributed by atoms with E-state index in [4.69, 9.17) is 4.42 Å². The number of hydrogen-bond donors (Lipinski definition) is 0. The molecule has 3 aliphatic rings. The summed E-state index contributed by atoms with van der Waals surface area (Å²) in [6.45, 7) is 18.6. The third kappa shape index (κ3) is 4.58. The molecule has 0 saturated carbocycles. The monoisotopic (exact) mass is 842 g/mol. The second-order valence-corrected chi connectivity index (χ2v) is 22.4. The molecular weight excluding hydrogens is 796 g/mol. The summed E-state index contributed by atoms with van der Waals surface area (Å²) < 4.78 is 12.6. The summed E-state index contributed by atoms with van der Waals surface area (Å²) in [5.74, 6) is 0. The van der Waals surface area contributed by atoms with Crippen molar-refractivity contribution in [3.8, 4) is 27.9 Å². The van der Waals surface area contributed by atoms with Crippen molar-refractivity contribution in [1.82, 2.24) is 4.57 Å². The molecule has 0 radical (unpaired) electrons. The lowest BCUT2D eigenvalue weighted by atomic mass is 9.43. The van der Waals surface area contributed by atoms with Gasteiger partial charge < -0.3 is 13.8 Å². The van der Waals surface area contributed by atoms with E-state index < -0.39 is 0 Å². The lowest BCUT2D eigenvalue weighted by Gasteiger charge is -2.42. The Bertz CT molecular complexity index is 3900. The molecule has 0 N–H and O–H groups in total. The molecule has 14 rings (SSSR count). The number of hydrogen-bond acceptors (Lipinski definition) is 3. The molecule has 3 nitrogen and oxygen atoms in total. The molecule has 3 aromatic heterocycles. The first-order valence-corrected chi connectivity index (χ1v) is 23.7. The molecule has 2 aliphatic heterocycles. The third-order valence-electron chi connectivity index (χ3n) is 15.3. The van der Waals surface area contributed by atoms with Crippen LogP contribution in [0.5, 0.6) is 0 Å². The molecule has 0 amide bonds. The Kier molecular flexibility index (Phi) is 6.89. The zero-order valence-corrected chi connectivity index (χ0v) is 38.4. The third-order valence-corrected chi connectivity index (χ3v) is 16.4. The zero-order valence-electron chi connectivity index (χ0n) is 37.6. The lowest BCUT2D eigenvalue weighted by Crippen LogP contribution is -2.60. The highest BCUT2D eigenvalue weighted by molar-refractivity contribution is 7.25. The van der Waals surface area contributed by atoms with E-state index in [1.165, 1.54) is 120 Å². The van der Waals surface area contributed by atoms with E-state index in [0.717, 1.165) is 16.6 Å². The standard InChI is InChI=1S/C59H47BN2OS/c1-57(2,3)32-21-24-34(25-22-32)62-46-31-50-39(36-16-11-14-20-49(36)64-50)28-41(46)53-54-55-51(52-37-17-10-13-19-48(37)63-56(52)53)40-27-33(58(4,5)6)23-26-45(40)61(55)47-30-43-38(29-44(47)60(54)62)35-15-9-12-18-42(35)59(43,7)8/h9-31H,1-8H3. The first kappa shape index (κ1) is 36.9. The van der Waals surface area contributed by atoms with E-state index in [-0.39, 0.29) is 23.1 Å². The largest absolute Gasteiger partial charge is 0.455 e. The van der Waals surface area contributed by atoms with Gasteiger partial charge in [-0.15, -0.1) is 11.3 Å². The van der Waals surface area contributed by atoms with Gasteiger partial charge in [0, 0.05) is 75.3 Å². The number of para-hydroxylation sites is 1. The predicted molar refractivity (Wildman–Crippen MR) is 275 cm³/mol. The predicted octanol–water partition coefficient (Wildman–Crippen LogP) is 15.2. The lowest BCUT2D eigenvalue weighted by molar-refractivity contribution is 0.590. The summed E-state index contributed by atoms with van der Waals surface area (Å²) in [5, 5.41) is 7.53. The molecule has 1 aliphatic carbocycles. The number of aromatic nitrogens is 1. The van der Waals surface area contributed by atoms with Crippen molar-refractivity contribution in [3.05, 3.63) is 162 Å². The van der Waals surface area contributed by atoms with Crippen LogP contribution in [0.1, 0.15) is 77.6 Å². The average Bonchev–Trinajstić information content (AvgIpc) is 4.00. The molecule has 308 valence electrons. The first-order valence-electron chi connectivity index (χ1n) is 22.9. The quantitative estimate of drug-likeness (QED) is 0.154. The van der Waals surface area contributed by atoms with Crippen LogP contribution in [0.15, 0.2) is 144 Å². The Morgan fingerprint density at radius 3 is 2.08 bits per heavy atom. The maximum Gasteiger partial charge on any atom is 0.333 e. The molecule has 64 heavy (non-hydrogen) atoms. The van der Waals surface area contributed by atoms with Crippen LogP contribution in [-0.2, 0) is 16.2 Å². The number of rotatable bonds is 1. The van der Waals surface area contributed by atoms with Crippen LogP contribution in [0.2, 0.25) is 0 Å². The fourth-order valence-electron chi connectivity index (χ4n) is 12.1. The van der Waals surface area contributed by atoms with Gasteiger partial charge >= 0.3 is 6.85 Å². The number of thiophene rings is 1. The van der Waals surface area contributed by atoms with E-state index in [2.05, 4.69) is 204 Å². The second kappa shape index (κ2) is 12.0. The van der Waals surface area contributed by atoms with Crippen LogP contribution in [0, 0.1) is 0 Å². The Balaban J connectivity index is 1.23.